The van der Waals surface area contributed by atoms with E-state index in [-0.39, 0.29) is 5.38 Å². The summed E-state index contributed by atoms with van der Waals surface area (Å²) in [6.07, 6.45) is 3.80. The first-order chi connectivity index (χ1) is 7.17. The zero-order valence-electron chi connectivity index (χ0n) is 9.29. The highest BCUT2D eigenvalue weighted by atomic mass is 35.5. The molecule has 0 aliphatic carbocycles. The van der Waals surface area contributed by atoms with Crippen molar-refractivity contribution in [1.82, 2.24) is 0 Å². The maximum absolute atomic E-state index is 5.94. The van der Waals surface area contributed by atoms with Gasteiger partial charge in [0.1, 0.15) is 5.75 Å². The SMILES string of the molecule is C=Cc1ccc(OC)cc1CCC(C)Cl. The number of hydrogen-bond acceptors (Lipinski definition) is 1. The van der Waals surface area contributed by atoms with Gasteiger partial charge in [-0.3, -0.25) is 0 Å². The molecule has 0 saturated heterocycles. The molecule has 0 N–H and O–H groups in total. The molecule has 0 fully saturated rings. The normalized spacial score (nSPS) is 12.2. The van der Waals surface area contributed by atoms with E-state index in [0.717, 1.165) is 24.2 Å². The summed E-state index contributed by atoms with van der Waals surface area (Å²) in [5.41, 5.74) is 2.41. The van der Waals surface area contributed by atoms with Gasteiger partial charge in [0.05, 0.1) is 7.11 Å². The van der Waals surface area contributed by atoms with Gasteiger partial charge in [-0.2, -0.15) is 0 Å². The Labute approximate surface area is 96.7 Å². The first-order valence-electron chi connectivity index (χ1n) is 5.10. The van der Waals surface area contributed by atoms with Crippen molar-refractivity contribution in [3.63, 3.8) is 0 Å². The van der Waals surface area contributed by atoms with Crippen LogP contribution in [0.4, 0.5) is 0 Å². The third-order valence-corrected chi connectivity index (χ3v) is 2.60. The van der Waals surface area contributed by atoms with Gasteiger partial charge in [-0.25, -0.2) is 0 Å². The number of rotatable bonds is 5. The van der Waals surface area contributed by atoms with Crippen molar-refractivity contribution in [1.29, 1.82) is 0 Å². The molecule has 1 atom stereocenters. The largest absolute Gasteiger partial charge is 0.497 e. The predicted molar refractivity (Wildman–Crippen MR) is 66.7 cm³/mol. The molecule has 0 bridgehead atoms. The Morgan fingerprint density at radius 3 is 2.80 bits per heavy atom. The molecule has 0 aromatic heterocycles. The van der Waals surface area contributed by atoms with Gasteiger partial charge in [-0.15, -0.1) is 11.6 Å². The van der Waals surface area contributed by atoms with Crippen LogP contribution in [0.3, 0.4) is 0 Å². The van der Waals surface area contributed by atoms with Crippen LogP contribution >= 0.6 is 11.6 Å². The molecule has 0 radical (unpaired) electrons. The standard InChI is InChI=1S/C13H17ClO/c1-4-11-7-8-13(15-3)9-12(11)6-5-10(2)14/h4,7-10H,1,5-6H2,2-3H3. The van der Waals surface area contributed by atoms with Crippen LogP contribution in [0.2, 0.25) is 0 Å². The molecule has 1 nitrogen and oxygen atoms in total. The molecule has 0 spiro atoms. The molecule has 1 aromatic rings. The molecule has 0 amide bonds. The van der Waals surface area contributed by atoms with Crippen LogP contribution in [-0.4, -0.2) is 12.5 Å². The minimum atomic E-state index is 0.203. The van der Waals surface area contributed by atoms with Crippen LogP contribution in [0.5, 0.6) is 5.75 Å². The van der Waals surface area contributed by atoms with E-state index in [1.54, 1.807) is 7.11 Å². The topological polar surface area (TPSA) is 9.23 Å². The second-order valence-electron chi connectivity index (χ2n) is 3.59. The van der Waals surface area contributed by atoms with Crippen molar-refractivity contribution in [3.8, 4) is 5.75 Å². The van der Waals surface area contributed by atoms with Crippen LogP contribution in [0.25, 0.3) is 6.08 Å². The lowest BCUT2D eigenvalue weighted by Gasteiger charge is -2.09. The first kappa shape index (κ1) is 12.1. The Balaban J connectivity index is 2.86. The van der Waals surface area contributed by atoms with Gasteiger partial charge in [-0.05, 0) is 43.0 Å². The van der Waals surface area contributed by atoms with E-state index in [9.17, 15) is 0 Å². The van der Waals surface area contributed by atoms with E-state index < -0.39 is 0 Å². The first-order valence-corrected chi connectivity index (χ1v) is 5.54. The molecular formula is C13H17ClO. The monoisotopic (exact) mass is 224 g/mol. The van der Waals surface area contributed by atoms with Crippen molar-refractivity contribution >= 4 is 17.7 Å². The fraction of sp³-hybridized carbons (Fsp3) is 0.385. The summed E-state index contributed by atoms with van der Waals surface area (Å²) in [4.78, 5) is 0. The summed E-state index contributed by atoms with van der Waals surface area (Å²) >= 11 is 5.94. The summed E-state index contributed by atoms with van der Waals surface area (Å²) < 4.78 is 5.19. The fourth-order valence-electron chi connectivity index (χ4n) is 1.48. The molecular weight excluding hydrogens is 208 g/mol. The van der Waals surface area contributed by atoms with E-state index in [4.69, 9.17) is 16.3 Å². The van der Waals surface area contributed by atoms with Crippen molar-refractivity contribution in [2.45, 2.75) is 25.1 Å². The van der Waals surface area contributed by atoms with Gasteiger partial charge in [0.2, 0.25) is 0 Å². The third kappa shape index (κ3) is 3.60. The molecule has 0 aliphatic rings. The van der Waals surface area contributed by atoms with Crippen LogP contribution < -0.4 is 4.74 Å². The van der Waals surface area contributed by atoms with Crippen molar-refractivity contribution in [2.75, 3.05) is 7.11 Å². The second kappa shape index (κ2) is 5.82. The minimum Gasteiger partial charge on any atom is -0.497 e. The second-order valence-corrected chi connectivity index (χ2v) is 4.33. The van der Waals surface area contributed by atoms with Gasteiger partial charge in [0, 0.05) is 5.38 Å². The Morgan fingerprint density at radius 2 is 2.27 bits per heavy atom. The maximum atomic E-state index is 5.94. The summed E-state index contributed by atoms with van der Waals surface area (Å²) in [7, 11) is 1.68. The summed E-state index contributed by atoms with van der Waals surface area (Å²) in [6.45, 7) is 5.81. The Kier molecular flexibility index (Phi) is 4.70. The molecule has 2 heteroatoms. The summed E-state index contributed by atoms with van der Waals surface area (Å²) in [6, 6.07) is 6.03. The zero-order chi connectivity index (χ0) is 11.3. The number of ether oxygens (including phenoxy) is 1. The number of alkyl halides is 1. The molecule has 15 heavy (non-hydrogen) atoms. The quantitative estimate of drug-likeness (QED) is 0.690. The molecule has 1 aromatic carbocycles. The van der Waals surface area contributed by atoms with Gasteiger partial charge >= 0.3 is 0 Å². The smallest absolute Gasteiger partial charge is 0.119 e. The molecule has 1 rings (SSSR count). The van der Waals surface area contributed by atoms with Gasteiger partial charge < -0.3 is 4.74 Å². The highest BCUT2D eigenvalue weighted by molar-refractivity contribution is 6.20. The molecule has 1 unspecified atom stereocenters. The van der Waals surface area contributed by atoms with Crippen molar-refractivity contribution < 1.29 is 4.74 Å². The lowest BCUT2D eigenvalue weighted by molar-refractivity contribution is 0.414. The summed E-state index contributed by atoms with van der Waals surface area (Å²) in [5, 5.41) is 0.203. The maximum Gasteiger partial charge on any atom is 0.119 e. The number of benzene rings is 1. The third-order valence-electron chi connectivity index (χ3n) is 2.38. The van der Waals surface area contributed by atoms with Crippen LogP contribution in [0, 0.1) is 0 Å². The van der Waals surface area contributed by atoms with E-state index >= 15 is 0 Å². The van der Waals surface area contributed by atoms with Gasteiger partial charge in [-0.1, -0.05) is 18.7 Å². The number of aryl methyl sites for hydroxylation is 1. The average Bonchev–Trinajstić information content (AvgIpc) is 2.25. The van der Waals surface area contributed by atoms with E-state index in [1.165, 1.54) is 5.56 Å². The van der Waals surface area contributed by atoms with Crippen LogP contribution in [0.1, 0.15) is 24.5 Å². The zero-order valence-corrected chi connectivity index (χ0v) is 10.1. The highest BCUT2D eigenvalue weighted by Crippen LogP contribution is 2.21. The lowest BCUT2D eigenvalue weighted by atomic mass is 10.0. The molecule has 0 heterocycles. The van der Waals surface area contributed by atoms with Gasteiger partial charge in [0.25, 0.3) is 0 Å². The highest BCUT2D eigenvalue weighted by Gasteiger charge is 2.04. The number of halogens is 1. The van der Waals surface area contributed by atoms with Crippen LogP contribution in [0.15, 0.2) is 24.8 Å². The number of methoxy groups -OCH3 is 1. The number of hydrogen-bond donors (Lipinski definition) is 0. The van der Waals surface area contributed by atoms with E-state index in [2.05, 4.69) is 12.6 Å². The fourth-order valence-corrected chi connectivity index (χ4v) is 1.59. The Bertz CT molecular complexity index is 331. The molecule has 82 valence electrons. The van der Waals surface area contributed by atoms with Crippen LogP contribution in [-0.2, 0) is 6.42 Å². The van der Waals surface area contributed by atoms with Gasteiger partial charge in [0.15, 0.2) is 0 Å². The minimum absolute atomic E-state index is 0.203. The molecule has 0 aliphatic heterocycles. The Morgan fingerprint density at radius 1 is 1.53 bits per heavy atom. The van der Waals surface area contributed by atoms with Crippen molar-refractivity contribution in [2.24, 2.45) is 0 Å². The lowest BCUT2D eigenvalue weighted by Crippen LogP contribution is -1.97. The summed E-state index contributed by atoms with van der Waals surface area (Å²) in [5.74, 6) is 0.887. The molecule has 0 saturated carbocycles. The Hall–Kier alpha value is -0.950. The average molecular weight is 225 g/mol. The van der Waals surface area contributed by atoms with Crippen molar-refractivity contribution in [3.05, 3.63) is 35.9 Å². The van der Waals surface area contributed by atoms with E-state index in [0.29, 0.717) is 0 Å². The van der Waals surface area contributed by atoms with E-state index in [1.807, 2.05) is 25.1 Å². The predicted octanol–water partition coefficient (Wildman–Crippen LogP) is 3.90.